The number of aromatic hydroxyl groups is 1. The Labute approximate surface area is 139 Å². The Morgan fingerprint density at radius 3 is 2.09 bits per heavy atom. The first-order chi connectivity index (χ1) is 11.0. The van der Waals surface area contributed by atoms with Crippen molar-refractivity contribution in [2.24, 2.45) is 0 Å². The van der Waals surface area contributed by atoms with E-state index in [4.69, 9.17) is 0 Å². The number of hydrogen-bond donors (Lipinski definition) is 3. The summed E-state index contributed by atoms with van der Waals surface area (Å²) < 4.78 is 0. The molecule has 0 saturated carbocycles. The van der Waals surface area contributed by atoms with Crippen molar-refractivity contribution in [2.75, 3.05) is 7.05 Å². The van der Waals surface area contributed by atoms with Gasteiger partial charge < -0.3 is 15.5 Å². The number of benzene rings is 2. The molecule has 0 heterocycles. The van der Waals surface area contributed by atoms with Crippen molar-refractivity contribution in [3.8, 4) is 5.75 Å². The molecular weight excluding hydrogens is 286 g/mol. The van der Waals surface area contributed by atoms with Gasteiger partial charge in [-0.15, -0.1) is 0 Å². The summed E-state index contributed by atoms with van der Waals surface area (Å²) in [5, 5.41) is 23.9. The molecule has 0 bridgehead atoms. The van der Waals surface area contributed by atoms with Crippen molar-refractivity contribution in [3.63, 3.8) is 0 Å². The van der Waals surface area contributed by atoms with Crippen LogP contribution in [0.25, 0.3) is 0 Å². The molecule has 3 atom stereocenters. The third-order valence-corrected chi connectivity index (χ3v) is 4.75. The van der Waals surface area contributed by atoms with Gasteiger partial charge in [0.15, 0.2) is 0 Å². The summed E-state index contributed by atoms with van der Waals surface area (Å²) in [4.78, 5) is 0. The highest BCUT2D eigenvalue weighted by Crippen LogP contribution is 2.41. The third-order valence-electron chi connectivity index (χ3n) is 4.75. The second kappa shape index (κ2) is 7.62. The molecule has 2 aromatic carbocycles. The van der Waals surface area contributed by atoms with E-state index in [0.29, 0.717) is 6.42 Å². The zero-order chi connectivity index (χ0) is 16.9. The van der Waals surface area contributed by atoms with Crippen LogP contribution in [0.15, 0.2) is 54.6 Å². The second-order valence-electron chi connectivity index (χ2n) is 6.20. The van der Waals surface area contributed by atoms with Crippen LogP contribution in [-0.4, -0.2) is 29.4 Å². The Hall–Kier alpha value is -1.84. The van der Waals surface area contributed by atoms with Gasteiger partial charge in [0.2, 0.25) is 0 Å². The topological polar surface area (TPSA) is 52.5 Å². The van der Waals surface area contributed by atoms with Crippen LogP contribution in [0.2, 0.25) is 0 Å². The van der Waals surface area contributed by atoms with E-state index < -0.39 is 11.5 Å². The van der Waals surface area contributed by atoms with Crippen LogP contribution >= 0.6 is 0 Å². The molecule has 0 aliphatic carbocycles. The average molecular weight is 313 g/mol. The largest absolute Gasteiger partial charge is 0.508 e. The first kappa shape index (κ1) is 17.5. The van der Waals surface area contributed by atoms with Gasteiger partial charge in [-0.3, -0.25) is 0 Å². The van der Waals surface area contributed by atoms with Crippen LogP contribution in [0.1, 0.15) is 37.8 Å². The van der Waals surface area contributed by atoms with E-state index in [1.54, 1.807) is 12.1 Å². The molecule has 124 valence electrons. The van der Waals surface area contributed by atoms with Crippen molar-refractivity contribution >= 4 is 0 Å². The van der Waals surface area contributed by atoms with Gasteiger partial charge in [-0.2, -0.15) is 0 Å². The molecule has 3 heteroatoms. The Morgan fingerprint density at radius 1 is 1.00 bits per heavy atom. The zero-order valence-corrected chi connectivity index (χ0v) is 14.2. The molecule has 0 fully saturated rings. The molecule has 0 saturated heterocycles. The summed E-state index contributed by atoms with van der Waals surface area (Å²) in [6.07, 6.45) is 0.921. The number of phenolic OH excluding ortho intramolecular Hbond substituents is 1. The van der Waals surface area contributed by atoms with Gasteiger partial charge in [-0.25, -0.2) is 0 Å². The molecule has 2 rings (SSSR count). The average Bonchev–Trinajstić information content (AvgIpc) is 2.60. The SMILES string of the molecule is CCC(O)C(CC(C)NC)(c1ccccc1)c1ccc(O)cc1. The molecule has 2 aromatic rings. The first-order valence-electron chi connectivity index (χ1n) is 8.25. The lowest BCUT2D eigenvalue weighted by Gasteiger charge is -2.41. The Balaban J connectivity index is 2.65. The Kier molecular flexibility index (Phi) is 5.80. The standard InChI is InChI=1S/C20H27NO2/c1-4-19(23)20(14-15(2)21-3,16-8-6-5-7-9-16)17-10-12-18(22)13-11-17/h5-13,15,19,21-23H,4,14H2,1-3H3. The van der Waals surface area contributed by atoms with Crippen molar-refractivity contribution < 1.29 is 10.2 Å². The van der Waals surface area contributed by atoms with Crippen LogP contribution in [-0.2, 0) is 5.41 Å². The Morgan fingerprint density at radius 2 is 1.57 bits per heavy atom. The number of phenols is 1. The minimum atomic E-state index is -0.509. The van der Waals surface area contributed by atoms with Gasteiger partial charge >= 0.3 is 0 Å². The minimum Gasteiger partial charge on any atom is -0.508 e. The van der Waals surface area contributed by atoms with E-state index in [9.17, 15) is 10.2 Å². The summed E-state index contributed by atoms with van der Waals surface area (Å²) in [7, 11) is 1.94. The van der Waals surface area contributed by atoms with E-state index in [0.717, 1.165) is 17.5 Å². The molecule has 0 spiro atoms. The minimum absolute atomic E-state index is 0.239. The van der Waals surface area contributed by atoms with Gasteiger partial charge in [-0.05, 0) is 50.1 Å². The predicted molar refractivity (Wildman–Crippen MR) is 94.8 cm³/mol. The summed E-state index contributed by atoms with van der Waals surface area (Å²) >= 11 is 0. The first-order valence-corrected chi connectivity index (χ1v) is 8.25. The van der Waals surface area contributed by atoms with E-state index in [-0.39, 0.29) is 11.8 Å². The van der Waals surface area contributed by atoms with Crippen molar-refractivity contribution in [2.45, 2.75) is 44.2 Å². The second-order valence-corrected chi connectivity index (χ2v) is 6.20. The number of aliphatic hydroxyl groups excluding tert-OH is 1. The van der Waals surface area contributed by atoms with Crippen LogP contribution in [0.5, 0.6) is 5.75 Å². The van der Waals surface area contributed by atoms with E-state index >= 15 is 0 Å². The van der Waals surface area contributed by atoms with Crippen LogP contribution < -0.4 is 5.32 Å². The lowest BCUT2D eigenvalue weighted by atomic mass is 9.66. The highest BCUT2D eigenvalue weighted by Gasteiger charge is 2.41. The third kappa shape index (κ3) is 3.57. The molecule has 0 radical (unpaired) electrons. The monoisotopic (exact) mass is 313 g/mol. The maximum absolute atomic E-state index is 11.0. The smallest absolute Gasteiger partial charge is 0.115 e. The molecule has 0 amide bonds. The summed E-state index contributed by atoms with van der Waals surface area (Å²) in [6, 6.07) is 17.6. The van der Waals surface area contributed by atoms with Gasteiger partial charge in [0.05, 0.1) is 6.10 Å². The number of aliphatic hydroxyl groups is 1. The normalized spacial score (nSPS) is 16.5. The van der Waals surface area contributed by atoms with Crippen molar-refractivity contribution in [1.82, 2.24) is 5.32 Å². The van der Waals surface area contributed by atoms with E-state index in [2.05, 4.69) is 24.4 Å². The van der Waals surface area contributed by atoms with E-state index in [1.165, 1.54) is 0 Å². The molecule has 0 aromatic heterocycles. The quantitative estimate of drug-likeness (QED) is 0.734. The molecular formula is C20H27NO2. The van der Waals surface area contributed by atoms with Crippen LogP contribution in [0.4, 0.5) is 0 Å². The van der Waals surface area contributed by atoms with Crippen molar-refractivity contribution in [3.05, 3.63) is 65.7 Å². The highest BCUT2D eigenvalue weighted by molar-refractivity contribution is 5.43. The maximum Gasteiger partial charge on any atom is 0.115 e. The summed E-state index contributed by atoms with van der Waals surface area (Å²) in [6.45, 7) is 4.13. The predicted octanol–water partition coefficient (Wildman–Crippen LogP) is 3.45. The lowest BCUT2D eigenvalue weighted by Crippen LogP contribution is -2.45. The van der Waals surface area contributed by atoms with Gasteiger partial charge in [0.25, 0.3) is 0 Å². The van der Waals surface area contributed by atoms with Crippen LogP contribution in [0.3, 0.4) is 0 Å². The summed E-state index contributed by atoms with van der Waals surface area (Å²) in [5.74, 6) is 0.239. The number of rotatable bonds is 7. The van der Waals surface area contributed by atoms with Gasteiger partial charge in [0.1, 0.15) is 5.75 Å². The summed E-state index contributed by atoms with van der Waals surface area (Å²) in [5.41, 5.74) is 1.62. The molecule has 0 aliphatic rings. The van der Waals surface area contributed by atoms with Crippen LogP contribution in [0, 0.1) is 0 Å². The molecule has 3 nitrogen and oxygen atoms in total. The fraction of sp³-hybridized carbons (Fsp3) is 0.400. The highest BCUT2D eigenvalue weighted by atomic mass is 16.3. The lowest BCUT2D eigenvalue weighted by molar-refractivity contribution is 0.0872. The molecule has 3 N–H and O–H groups in total. The fourth-order valence-corrected chi connectivity index (χ4v) is 3.35. The zero-order valence-electron chi connectivity index (χ0n) is 14.2. The maximum atomic E-state index is 11.0. The number of hydrogen-bond acceptors (Lipinski definition) is 3. The van der Waals surface area contributed by atoms with E-state index in [1.807, 2.05) is 44.3 Å². The van der Waals surface area contributed by atoms with Gasteiger partial charge in [0, 0.05) is 11.5 Å². The van der Waals surface area contributed by atoms with Crippen molar-refractivity contribution in [1.29, 1.82) is 0 Å². The molecule has 23 heavy (non-hydrogen) atoms. The molecule has 3 unspecified atom stereocenters. The van der Waals surface area contributed by atoms with Gasteiger partial charge in [-0.1, -0.05) is 49.4 Å². The number of nitrogens with one attached hydrogen (secondary N) is 1. The molecule has 0 aliphatic heterocycles. The fourth-order valence-electron chi connectivity index (χ4n) is 3.35. The Bertz CT molecular complexity index is 597.